The van der Waals surface area contributed by atoms with E-state index < -0.39 is 57.7 Å². The molecule has 0 rings (SSSR count). The lowest BCUT2D eigenvalue weighted by Crippen LogP contribution is -2.34. The van der Waals surface area contributed by atoms with E-state index in [9.17, 15) is 23.8 Å². The number of rotatable bonds is 37. The summed E-state index contributed by atoms with van der Waals surface area (Å²) in [6, 6.07) is -1.54. The lowest BCUT2D eigenvalue weighted by atomic mass is 10.1. The molecule has 1 unspecified atom stereocenters. The van der Waals surface area contributed by atoms with Gasteiger partial charge in [0.25, 0.3) is 0 Å². The molecule has 56 heavy (non-hydrogen) atoms. The molecule has 0 saturated heterocycles. The van der Waals surface area contributed by atoms with Crippen LogP contribution in [-0.4, -0.2) is 59.9 Å². The third kappa shape index (κ3) is 37.6. The van der Waals surface area contributed by atoms with Gasteiger partial charge >= 0.3 is 25.7 Å². The Morgan fingerprint density at radius 1 is 0.625 bits per heavy atom. The van der Waals surface area contributed by atoms with Gasteiger partial charge in [-0.2, -0.15) is 0 Å². The maximum Gasteiger partial charge on any atom is 0.472 e. The topological polar surface area (TPSA) is 172 Å². The standard InChI is InChI=1S/C44H72NO10P/c1-3-5-7-9-11-13-15-17-19-20-22-24-26-28-30-32-34-36-43(47)55-40(38-53-56(50,51)54-39-41(45)44(48)49)37-52-42(46)35-33-31-29-27-25-23-21-18-16-14-12-10-8-6-4-2/h5,7,11,13,17,19,22,24,28-31,33,35,40-41H,3-4,6,8-10,12,14-16,18,20-21,23,25-27,32,34,36-39,45H2,1-2H3,(H,48,49)(H,50,51)/b7-5+,13-11+,19-17+,24-22+,30-28+,31-29+,35-33+/t40-,41+/m1/s1. The minimum Gasteiger partial charge on any atom is -0.480 e. The molecule has 0 aliphatic rings. The zero-order valence-electron chi connectivity index (χ0n) is 34.2. The molecule has 0 spiro atoms. The molecule has 318 valence electrons. The zero-order valence-corrected chi connectivity index (χ0v) is 35.1. The molecule has 0 heterocycles. The van der Waals surface area contributed by atoms with Gasteiger partial charge < -0.3 is 25.2 Å². The van der Waals surface area contributed by atoms with E-state index >= 15 is 0 Å². The first-order chi connectivity index (χ1) is 27.1. The number of phosphoric acid groups is 1. The second kappa shape index (κ2) is 38.5. The maximum atomic E-state index is 12.6. The fourth-order valence-corrected chi connectivity index (χ4v) is 5.79. The third-order valence-electron chi connectivity index (χ3n) is 8.23. The van der Waals surface area contributed by atoms with E-state index in [1.807, 2.05) is 18.2 Å². The Balaban J connectivity index is 4.62. The van der Waals surface area contributed by atoms with Crippen molar-refractivity contribution in [1.29, 1.82) is 0 Å². The second-order valence-electron chi connectivity index (χ2n) is 13.5. The van der Waals surface area contributed by atoms with Crippen molar-refractivity contribution >= 4 is 25.7 Å². The van der Waals surface area contributed by atoms with Crippen molar-refractivity contribution < 1.29 is 47.5 Å². The molecular weight excluding hydrogens is 733 g/mol. The van der Waals surface area contributed by atoms with Crippen molar-refractivity contribution in [1.82, 2.24) is 0 Å². The highest BCUT2D eigenvalue weighted by atomic mass is 31.2. The Kier molecular flexibility index (Phi) is 36.2. The number of hydrogen-bond donors (Lipinski definition) is 3. The first-order valence-electron chi connectivity index (χ1n) is 20.7. The van der Waals surface area contributed by atoms with Gasteiger partial charge in [0.2, 0.25) is 0 Å². The summed E-state index contributed by atoms with van der Waals surface area (Å²) < 4.78 is 32.4. The first kappa shape index (κ1) is 52.7. The van der Waals surface area contributed by atoms with Crippen molar-refractivity contribution in [2.24, 2.45) is 5.73 Å². The summed E-state index contributed by atoms with van der Waals surface area (Å²) in [6.45, 7) is 2.49. The predicted molar refractivity (Wildman–Crippen MR) is 226 cm³/mol. The third-order valence-corrected chi connectivity index (χ3v) is 9.18. The number of carbonyl (C=O) groups excluding carboxylic acids is 2. The fourth-order valence-electron chi connectivity index (χ4n) is 5.01. The van der Waals surface area contributed by atoms with Gasteiger partial charge in [-0.05, 0) is 57.8 Å². The van der Waals surface area contributed by atoms with Crippen LogP contribution in [0.3, 0.4) is 0 Å². The predicted octanol–water partition coefficient (Wildman–Crippen LogP) is 10.7. The molecule has 0 amide bonds. The molecule has 12 heteroatoms. The Labute approximate surface area is 337 Å². The molecular formula is C44H72NO10P. The summed E-state index contributed by atoms with van der Waals surface area (Å²) in [4.78, 5) is 45.7. The van der Waals surface area contributed by atoms with Crippen LogP contribution in [0.1, 0.15) is 142 Å². The molecule has 0 aromatic rings. The van der Waals surface area contributed by atoms with Crippen LogP contribution in [0.15, 0.2) is 85.1 Å². The van der Waals surface area contributed by atoms with Gasteiger partial charge in [0, 0.05) is 12.5 Å². The van der Waals surface area contributed by atoms with E-state index in [0.29, 0.717) is 12.8 Å². The van der Waals surface area contributed by atoms with Gasteiger partial charge in [0.15, 0.2) is 6.10 Å². The van der Waals surface area contributed by atoms with Crippen molar-refractivity contribution in [3.63, 3.8) is 0 Å². The molecule has 0 aliphatic heterocycles. The number of allylic oxidation sites excluding steroid dienone is 13. The van der Waals surface area contributed by atoms with E-state index in [-0.39, 0.29) is 6.42 Å². The van der Waals surface area contributed by atoms with E-state index in [0.717, 1.165) is 44.9 Å². The Bertz CT molecular complexity index is 1270. The van der Waals surface area contributed by atoms with Crippen molar-refractivity contribution in [3.8, 4) is 0 Å². The molecule has 3 atom stereocenters. The van der Waals surface area contributed by atoms with E-state index in [4.69, 9.17) is 24.8 Å². The molecule has 0 bridgehead atoms. The van der Waals surface area contributed by atoms with Crippen molar-refractivity contribution in [3.05, 3.63) is 85.1 Å². The summed E-state index contributed by atoms with van der Waals surface area (Å²) in [5.41, 5.74) is 5.31. The normalized spacial score (nSPS) is 14.6. The number of carboxylic acid groups (broad SMARTS) is 1. The number of ether oxygens (including phenoxy) is 2. The number of hydrogen-bond acceptors (Lipinski definition) is 9. The number of nitrogens with two attached hydrogens (primary N) is 1. The van der Waals surface area contributed by atoms with Gasteiger partial charge in [-0.25, -0.2) is 9.36 Å². The van der Waals surface area contributed by atoms with Crippen molar-refractivity contribution in [2.75, 3.05) is 19.8 Å². The van der Waals surface area contributed by atoms with Crippen LogP contribution in [0.5, 0.6) is 0 Å². The van der Waals surface area contributed by atoms with Crippen LogP contribution in [0.4, 0.5) is 0 Å². The summed E-state index contributed by atoms with van der Waals surface area (Å²) in [7, 11) is -4.75. The lowest BCUT2D eigenvalue weighted by molar-refractivity contribution is -0.159. The number of unbranched alkanes of at least 4 members (excludes halogenated alkanes) is 12. The number of carboxylic acids is 1. The summed E-state index contributed by atoms with van der Waals surface area (Å²) in [5.74, 6) is -2.73. The minimum absolute atomic E-state index is 0.0589. The Hall–Kier alpha value is -3.34. The van der Waals surface area contributed by atoms with Crippen LogP contribution >= 0.6 is 7.82 Å². The number of aliphatic carboxylic acids is 1. The van der Waals surface area contributed by atoms with Crippen LogP contribution in [0.2, 0.25) is 0 Å². The summed E-state index contributed by atoms with van der Waals surface area (Å²) >= 11 is 0. The average Bonchev–Trinajstić information content (AvgIpc) is 3.17. The second-order valence-corrected chi connectivity index (χ2v) is 14.9. The molecule has 0 aliphatic carbocycles. The van der Waals surface area contributed by atoms with Crippen LogP contribution in [0, 0.1) is 0 Å². The molecule has 0 fully saturated rings. The van der Waals surface area contributed by atoms with Gasteiger partial charge in [-0.3, -0.25) is 18.6 Å². The van der Waals surface area contributed by atoms with E-state index in [2.05, 4.69) is 67.0 Å². The highest BCUT2D eigenvalue weighted by molar-refractivity contribution is 7.47. The van der Waals surface area contributed by atoms with Crippen molar-refractivity contribution in [2.45, 2.75) is 154 Å². The number of esters is 2. The monoisotopic (exact) mass is 805 g/mol. The molecule has 0 aromatic carbocycles. The highest BCUT2D eigenvalue weighted by Gasteiger charge is 2.28. The molecule has 0 aromatic heterocycles. The van der Waals surface area contributed by atoms with Gasteiger partial charge in [0.05, 0.1) is 13.2 Å². The molecule has 0 radical (unpaired) electrons. The maximum absolute atomic E-state index is 12.6. The fraction of sp³-hybridized carbons (Fsp3) is 0.614. The quantitative estimate of drug-likeness (QED) is 0.0136. The van der Waals surface area contributed by atoms with Crippen LogP contribution < -0.4 is 5.73 Å². The van der Waals surface area contributed by atoms with E-state index in [1.54, 1.807) is 12.2 Å². The van der Waals surface area contributed by atoms with Crippen LogP contribution in [-0.2, 0) is 37.5 Å². The molecule has 0 saturated carbocycles. The zero-order chi connectivity index (χ0) is 41.4. The lowest BCUT2D eigenvalue weighted by Gasteiger charge is -2.20. The molecule has 11 nitrogen and oxygen atoms in total. The summed E-state index contributed by atoms with van der Waals surface area (Å²) in [5, 5.41) is 8.87. The van der Waals surface area contributed by atoms with E-state index in [1.165, 1.54) is 70.3 Å². The summed E-state index contributed by atoms with van der Waals surface area (Å²) in [6.07, 6.45) is 47.2. The van der Waals surface area contributed by atoms with Gasteiger partial charge in [0.1, 0.15) is 12.6 Å². The molecule has 4 N–H and O–H groups in total. The SMILES string of the molecule is CC/C=C/C/C=C/C/C=C/C/C=C/C/C=C/CCCC(=O)O[C@H](COC(=O)/C=C/C=C/CCCCCCCCCCCCC)COP(=O)(O)OC[C@H](N)C(=O)O. The largest absolute Gasteiger partial charge is 0.480 e. The number of carbonyl (C=O) groups is 3. The first-order valence-corrected chi connectivity index (χ1v) is 22.1. The van der Waals surface area contributed by atoms with Gasteiger partial charge in [-0.15, -0.1) is 0 Å². The number of phosphoric ester groups is 1. The highest BCUT2D eigenvalue weighted by Crippen LogP contribution is 2.43. The van der Waals surface area contributed by atoms with Gasteiger partial charge in [-0.1, -0.05) is 157 Å². The Morgan fingerprint density at radius 3 is 1.68 bits per heavy atom. The minimum atomic E-state index is -4.75. The smallest absolute Gasteiger partial charge is 0.472 e. The average molecular weight is 806 g/mol. The Morgan fingerprint density at radius 2 is 1.12 bits per heavy atom. The van der Waals surface area contributed by atoms with Crippen LogP contribution in [0.25, 0.3) is 0 Å².